The molecule has 0 saturated carbocycles. The molecule has 1 aromatic carbocycles. The number of rotatable bonds is 8. The Hall–Kier alpha value is -2.11. The normalized spacial score (nSPS) is 14.4. The number of unbranched alkanes of at least 4 members (excludes halogenated alkanes) is 1. The number of carbonyl (C=O) groups is 1. The van der Waals surface area contributed by atoms with Gasteiger partial charge in [0.2, 0.25) is 0 Å². The van der Waals surface area contributed by atoms with Crippen molar-refractivity contribution >= 4 is 18.3 Å². The number of halogens is 1. The summed E-state index contributed by atoms with van der Waals surface area (Å²) in [6.45, 7) is 7.25. The predicted molar refractivity (Wildman–Crippen MR) is 114 cm³/mol. The summed E-state index contributed by atoms with van der Waals surface area (Å²) >= 11 is 0. The van der Waals surface area contributed by atoms with E-state index in [-0.39, 0.29) is 18.3 Å². The second-order valence-electron chi connectivity index (χ2n) is 6.97. The molecule has 2 aromatic rings. The minimum absolute atomic E-state index is 0. The SMILES string of the molecule is CCCCOc1cccc(C(=O)N2CCN(CCc3ccncc3)CC2)c1.Cl. The average molecular weight is 404 g/mol. The molecule has 28 heavy (non-hydrogen) atoms. The summed E-state index contributed by atoms with van der Waals surface area (Å²) in [6.07, 6.45) is 6.83. The number of hydrogen-bond acceptors (Lipinski definition) is 4. The van der Waals surface area contributed by atoms with Gasteiger partial charge in [0.15, 0.2) is 0 Å². The molecule has 3 rings (SSSR count). The minimum Gasteiger partial charge on any atom is -0.494 e. The third-order valence-electron chi connectivity index (χ3n) is 4.97. The molecule has 1 saturated heterocycles. The summed E-state index contributed by atoms with van der Waals surface area (Å²) in [5.74, 6) is 0.884. The quantitative estimate of drug-likeness (QED) is 0.631. The highest BCUT2D eigenvalue weighted by Crippen LogP contribution is 2.16. The molecular formula is C22H30ClN3O2. The van der Waals surface area contributed by atoms with Gasteiger partial charge in [-0.1, -0.05) is 19.4 Å². The van der Waals surface area contributed by atoms with Crippen LogP contribution in [0, 0.1) is 0 Å². The van der Waals surface area contributed by atoms with Crippen molar-refractivity contribution < 1.29 is 9.53 Å². The van der Waals surface area contributed by atoms with E-state index in [1.54, 1.807) is 0 Å². The molecule has 1 fully saturated rings. The van der Waals surface area contributed by atoms with Crippen LogP contribution in [0.25, 0.3) is 0 Å². The van der Waals surface area contributed by atoms with E-state index in [9.17, 15) is 4.79 Å². The maximum atomic E-state index is 12.8. The molecule has 1 aliphatic rings. The fraction of sp³-hybridized carbons (Fsp3) is 0.455. The number of nitrogens with zero attached hydrogens (tertiary/aromatic N) is 3. The van der Waals surface area contributed by atoms with E-state index in [0.717, 1.165) is 57.7 Å². The van der Waals surface area contributed by atoms with E-state index in [1.807, 2.05) is 41.6 Å². The van der Waals surface area contributed by atoms with Crippen LogP contribution in [0.5, 0.6) is 5.75 Å². The van der Waals surface area contributed by atoms with Gasteiger partial charge in [0, 0.05) is 50.7 Å². The topological polar surface area (TPSA) is 45.7 Å². The summed E-state index contributed by atoms with van der Waals surface area (Å²) in [7, 11) is 0. The Morgan fingerprint density at radius 3 is 2.57 bits per heavy atom. The van der Waals surface area contributed by atoms with Crippen molar-refractivity contribution in [2.75, 3.05) is 39.3 Å². The molecule has 6 heteroatoms. The summed E-state index contributed by atoms with van der Waals surface area (Å²) in [5.41, 5.74) is 2.03. The van der Waals surface area contributed by atoms with Crippen LogP contribution in [0.15, 0.2) is 48.8 Å². The minimum atomic E-state index is 0. The number of piperazine rings is 1. The van der Waals surface area contributed by atoms with Crippen LogP contribution in [0.1, 0.15) is 35.7 Å². The summed E-state index contributed by atoms with van der Waals surface area (Å²) in [5, 5.41) is 0. The first-order chi connectivity index (χ1) is 13.3. The van der Waals surface area contributed by atoms with Crippen LogP contribution in [0.3, 0.4) is 0 Å². The molecule has 0 N–H and O–H groups in total. The van der Waals surface area contributed by atoms with Crippen molar-refractivity contribution in [1.29, 1.82) is 0 Å². The van der Waals surface area contributed by atoms with Crippen LogP contribution in [0.2, 0.25) is 0 Å². The number of pyridine rings is 1. The highest BCUT2D eigenvalue weighted by Gasteiger charge is 2.22. The van der Waals surface area contributed by atoms with Crippen molar-refractivity contribution in [2.45, 2.75) is 26.2 Å². The fourth-order valence-corrected chi connectivity index (χ4v) is 3.25. The third kappa shape index (κ3) is 6.50. The van der Waals surface area contributed by atoms with Crippen LogP contribution < -0.4 is 4.74 Å². The van der Waals surface area contributed by atoms with E-state index in [0.29, 0.717) is 12.2 Å². The summed E-state index contributed by atoms with van der Waals surface area (Å²) in [6, 6.07) is 11.7. The highest BCUT2D eigenvalue weighted by atomic mass is 35.5. The zero-order valence-electron chi connectivity index (χ0n) is 16.5. The standard InChI is InChI=1S/C22H29N3O2.ClH/c1-2-3-17-27-21-6-4-5-20(18-21)22(26)25-15-13-24(14-16-25)12-9-19-7-10-23-11-8-19;/h4-8,10-11,18H,2-3,9,12-17H2,1H3;1H. The van der Waals surface area contributed by atoms with Crippen LogP contribution in [-0.2, 0) is 6.42 Å². The molecule has 152 valence electrons. The van der Waals surface area contributed by atoms with Gasteiger partial charge in [-0.3, -0.25) is 14.7 Å². The average Bonchev–Trinajstić information content (AvgIpc) is 2.73. The molecule has 0 aliphatic carbocycles. The van der Waals surface area contributed by atoms with Gasteiger partial charge in [-0.25, -0.2) is 0 Å². The molecule has 0 unspecified atom stereocenters. The van der Waals surface area contributed by atoms with Gasteiger partial charge < -0.3 is 9.64 Å². The Kier molecular flexibility index (Phi) is 9.24. The molecule has 5 nitrogen and oxygen atoms in total. The van der Waals surface area contributed by atoms with Gasteiger partial charge in [0.25, 0.3) is 5.91 Å². The predicted octanol–water partition coefficient (Wildman–Crippen LogP) is 3.68. The Bertz CT molecular complexity index is 719. The zero-order valence-corrected chi connectivity index (χ0v) is 17.4. The Balaban J connectivity index is 0.00000280. The number of amides is 1. The lowest BCUT2D eigenvalue weighted by molar-refractivity contribution is 0.0638. The Morgan fingerprint density at radius 2 is 1.86 bits per heavy atom. The van der Waals surface area contributed by atoms with Crippen LogP contribution in [-0.4, -0.2) is 60.0 Å². The largest absolute Gasteiger partial charge is 0.494 e. The molecule has 0 spiro atoms. The molecular weight excluding hydrogens is 374 g/mol. The van der Waals surface area contributed by atoms with Crippen molar-refractivity contribution in [3.63, 3.8) is 0 Å². The van der Waals surface area contributed by atoms with E-state index in [4.69, 9.17) is 4.74 Å². The Morgan fingerprint density at radius 1 is 1.11 bits per heavy atom. The van der Waals surface area contributed by atoms with Gasteiger partial charge in [0.1, 0.15) is 5.75 Å². The molecule has 1 amide bonds. The van der Waals surface area contributed by atoms with Gasteiger partial charge in [0.05, 0.1) is 6.61 Å². The van der Waals surface area contributed by atoms with Gasteiger partial charge in [-0.2, -0.15) is 0 Å². The second-order valence-corrected chi connectivity index (χ2v) is 6.97. The first kappa shape index (κ1) is 22.2. The van der Waals surface area contributed by atoms with Gasteiger partial charge in [-0.05, 0) is 48.7 Å². The number of carbonyl (C=O) groups excluding carboxylic acids is 1. The second kappa shape index (κ2) is 11.7. The number of ether oxygens (including phenoxy) is 1. The van der Waals surface area contributed by atoms with Crippen molar-refractivity contribution in [1.82, 2.24) is 14.8 Å². The molecule has 1 aromatic heterocycles. The van der Waals surface area contributed by atoms with Crippen LogP contribution >= 0.6 is 12.4 Å². The van der Waals surface area contributed by atoms with E-state index in [2.05, 4.69) is 28.9 Å². The maximum Gasteiger partial charge on any atom is 0.254 e. The number of aromatic nitrogens is 1. The highest BCUT2D eigenvalue weighted by molar-refractivity contribution is 5.94. The van der Waals surface area contributed by atoms with E-state index < -0.39 is 0 Å². The molecule has 1 aliphatic heterocycles. The molecule has 0 bridgehead atoms. The lowest BCUT2D eigenvalue weighted by Crippen LogP contribution is -2.49. The Labute approximate surface area is 174 Å². The van der Waals surface area contributed by atoms with Crippen molar-refractivity contribution in [3.8, 4) is 5.75 Å². The maximum absolute atomic E-state index is 12.8. The monoisotopic (exact) mass is 403 g/mol. The van der Waals surface area contributed by atoms with Gasteiger partial charge >= 0.3 is 0 Å². The third-order valence-corrected chi connectivity index (χ3v) is 4.97. The molecule has 0 atom stereocenters. The first-order valence-electron chi connectivity index (χ1n) is 9.89. The lowest BCUT2D eigenvalue weighted by atomic mass is 10.1. The smallest absolute Gasteiger partial charge is 0.254 e. The first-order valence-corrected chi connectivity index (χ1v) is 9.89. The number of hydrogen-bond donors (Lipinski definition) is 0. The van der Waals surface area contributed by atoms with Crippen LogP contribution in [0.4, 0.5) is 0 Å². The van der Waals surface area contributed by atoms with Crippen molar-refractivity contribution in [3.05, 3.63) is 59.9 Å². The van der Waals surface area contributed by atoms with E-state index in [1.165, 1.54) is 5.56 Å². The van der Waals surface area contributed by atoms with E-state index >= 15 is 0 Å². The molecule has 2 heterocycles. The lowest BCUT2D eigenvalue weighted by Gasteiger charge is -2.34. The fourth-order valence-electron chi connectivity index (χ4n) is 3.25. The summed E-state index contributed by atoms with van der Waals surface area (Å²) in [4.78, 5) is 21.2. The molecule has 0 radical (unpaired) electrons. The summed E-state index contributed by atoms with van der Waals surface area (Å²) < 4.78 is 5.73. The number of benzene rings is 1. The zero-order chi connectivity index (χ0) is 18.9. The van der Waals surface area contributed by atoms with Gasteiger partial charge in [-0.15, -0.1) is 12.4 Å². The van der Waals surface area contributed by atoms with Crippen molar-refractivity contribution in [2.24, 2.45) is 0 Å².